The molecule has 17 heavy (non-hydrogen) atoms. The van der Waals surface area contributed by atoms with Crippen LogP contribution in [0.2, 0.25) is 0 Å². The van der Waals surface area contributed by atoms with Gasteiger partial charge in [-0.1, -0.05) is 12.8 Å². The molecule has 0 saturated heterocycles. The van der Waals surface area contributed by atoms with E-state index in [0.29, 0.717) is 18.8 Å². The summed E-state index contributed by atoms with van der Waals surface area (Å²) in [4.78, 5) is 23.2. The van der Waals surface area contributed by atoms with Gasteiger partial charge in [0.1, 0.15) is 0 Å². The molecule has 1 unspecified atom stereocenters. The minimum Gasteiger partial charge on any atom is -0.481 e. The summed E-state index contributed by atoms with van der Waals surface area (Å²) in [5.41, 5.74) is -0.784. The van der Waals surface area contributed by atoms with Crippen LogP contribution in [0.4, 0.5) is 0 Å². The molecule has 1 amide bonds. The molecule has 2 fully saturated rings. The minimum atomic E-state index is -0.802. The number of nitrogens with one attached hydrogen (secondary N) is 1. The fourth-order valence-electron chi connectivity index (χ4n) is 2.84. The highest BCUT2D eigenvalue weighted by atomic mass is 16.4. The normalized spacial score (nSPS) is 24.3. The Morgan fingerprint density at radius 1 is 1.35 bits per heavy atom. The first-order valence-corrected chi connectivity index (χ1v) is 6.56. The lowest BCUT2D eigenvalue weighted by Crippen LogP contribution is -2.40. The van der Waals surface area contributed by atoms with Gasteiger partial charge in [0.25, 0.3) is 0 Å². The van der Waals surface area contributed by atoms with Crippen molar-refractivity contribution >= 4 is 11.9 Å². The zero-order chi connectivity index (χ0) is 12.5. The number of aliphatic carboxylic acids is 1. The van der Waals surface area contributed by atoms with Crippen molar-refractivity contribution in [2.75, 3.05) is 0 Å². The lowest BCUT2D eigenvalue weighted by molar-refractivity contribution is -0.151. The number of carboxylic acid groups (broad SMARTS) is 1. The molecule has 4 nitrogen and oxygen atoms in total. The van der Waals surface area contributed by atoms with E-state index in [1.54, 1.807) is 0 Å². The molecule has 2 rings (SSSR count). The van der Waals surface area contributed by atoms with Crippen molar-refractivity contribution in [1.29, 1.82) is 0 Å². The van der Waals surface area contributed by atoms with E-state index >= 15 is 0 Å². The third-order valence-electron chi connectivity index (χ3n) is 4.23. The smallest absolute Gasteiger partial charge is 0.310 e. The Kier molecular flexibility index (Phi) is 3.40. The first kappa shape index (κ1) is 12.4. The molecule has 2 saturated carbocycles. The second-order valence-electron chi connectivity index (χ2n) is 5.66. The fraction of sp³-hybridized carbons (Fsp3) is 0.846. The Morgan fingerprint density at radius 3 is 2.41 bits per heavy atom. The maximum absolute atomic E-state index is 11.9. The van der Waals surface area contributed by atoms with Crippen LogP contribution in [-0.2, 0) is 9.59 Å². The Morgan fingerprint density at radius 2 is 1.94 bits per heavy atom. The molecule has 0 bridgehead atoms. The van der Waals surface area contributed by atoms with E-state index in [1.807, 2.05) is 6.92 Å². The van der Waals surface area contributed by atoms with Crippen molar-refractivity contribution in [3.63, 3.8) is 0 Å². The Hall–Kier alpha value is -1.06. The zero-order valence-electron chi connectivity index (χ0n) is 10.4. The van der Waals surface area contributed by atoms with Gasteiger partial charge >= 0.3 is 5.97 Å². The molecule has 0 spiro atoms. The van der Waals surface area contributed by atoms with Gasteiger partial charge in [-0.05, 0) is 38.5 Å². The minimum absolute atomic E-state index is 0.0892. The van der Waals surface area contributed by atoms with Gasteiger partial charge in [0.2, 0.25) is 5.91 Å². The summed E-state index contributed by atoms with van der Waals surface area (Å²) in [6, 6.07) is 0.203. The zero-order valence-corrected chi connectivity index (χ0v) is 10.4. The third kappa shape index (κ3) is 2.79. The maximum atomic E-state index is 11.9. The van der Waals surface area contributed by atoms with Crippen LogP contribution in [0.15, 0.2) is 0 Å². The van der Waals surface area contributed by atoms with E-state index in [4.69, 9.17) is 0 Å². The highest BCUT2D eigenvalue weighted by Crippen LogP contribution is 2.41. The van der Waals surface area contributed by atoms with Gasteiger partial charge in [0.05, 0.1) is 5.41 Å². The lowest BCUT2D eigenvalue weighted by atomic mass is 9.82. The highest BCUT2D eigenvalue weighted by molar-refractivity contribution is 5.85. The van der Waals surface area contributed by atoms with E-state index in [-0.39, 0.29) is 18.4 Å². The van der Waals surface area contributed by atoms with Crippen molar-refractivity contribution in [3.05, 3.63) is 0 Å². The number of rotatable bonds is 5. The van der Waals surface area contributed by atoms with Crippen molar-refractivity contribution in [3.8, 4) is 0 Å². The van der Waals surface area contributed by atoms with E-state index in [2.05, 4.69) is 5.32 Å². The van der Waals surface area contributed by atoms with Crippen molar-refractivity contribution in [2.24, 2.45) is 11.3 Å². The summed E-state index contributed by atoms with van der Waals surface area (Å²) in [5, 5.41) is 12.2. The van der Waals surface area contributed by atoms with Crippen LogP contribution in [0.1, 0.15) is 51.9 Å². The number of hydrogen-bond acceptors (Lipinski definition) is 2. The molecule has 0 heterocycles. The van der Waals surface area contributed by atoms with Crippen LogP contribution in [0.25, 0.3) is 0 Å². The molecule has 2 aliphatic rings. The van der Waals surface area contributed by atoms with Gasteiger partial charge in [0, 0.05) is 12.5 Å². The second kappa shape index (κ2) is 4.67. The summed E-state index contributed by atoms with van der Waals surface area (Å²) >= 11 is 0. The summed E-state index contributed by atoms with van der Waals surface area (Å²) in [5.74, 6) is -0.277. The highest BCUT2D eigenvalue weighted by Gasteiger charge is 2.43. The first-order chi connectivity index (χ1) is 8.03. The molecule has 0 aromatic rings. The van der Waals surface area contributed by atoms with Crippen LogP contribution in [0.3, 0.4) is 0 Å². The number of hydrogen-bond donors (Lipinski definition) is 2. The van der Waals surface area contributed by atoms with E-state index in [1.165, 1.54) is 12.8 Å². The predicted octanol–water partition coefficient (Wildman–Crippen LogP) is 1.94. The summed E-state index contributed by atoms with van der Waals surface area (Å²) in [6.07, 6.45) is 5.67. The van der Waals surface area contributed by atoms with Crippen molar-refractivity contribution in [1.82, 2.24) is 5.32 Å². The van der Waals surface area contributed by atoms with Gasteiger partial charge in [-0.15, -0.1) is 0 Å². The lowest BCUT2D eigenvalue weighted by Gasteiger charge is -2.24. The molecular weight excluding hydrogens is 218 g/mol. The monoisotopic (exact) mass is 239 g/mol. The predicted molar refractivity (Wildman–Crippen MR) is 63.5 cm³/mol. The molecule has 96 valence electrons. The standard InChI is InChI=1S/C13H21NO3/c1-9(10-4-5-10)14-11(15)8-13(12(16)17)6-2-3-7-13/h9-10H,2-8H2,1H3,(H,14,15)(H,16,17). The Bertz CT molecular complexity index is 317. The SMILES string of the molecule is CC(NC(=O)CC1(C(=O)O)CCCC1)C1CC1. The summed E-state index contributed by atoms with van der Waals surface area (Å²) < 4.78 is 0. The molecule has 0 radical (unpaired) electrons. The molecule has 0 aromatic heterocycles. The third-order valence-corrected chi connectivity index (χ3v) is 4.23. The Labute approximate surface area is 102 Å². The largest absolute Gasteiger partial charge is 0.481 e. The molecule has 1 atom stereocenters. The number of carbonyl (C=O) groups is 2. The van der Waals surface area contributed by atoms with Crippen LogP contribution in [-0.4, -0.2) is 23.0 Å². The summed E-state index contributed by atoms with van der Waals surface area (Å²) in [7, 11) is 0. The van der Waals surface area contributed by atoms with Gasteiger partial charge in [-0.2, -0.15) is 0 Å². The van der Waals surface area contributed by atoms with E-state index < -0.39 is 11.4 Å². The van der Waals surface area contributed by atoms with E-state index in [9.17, 15) is 14.7 Å². The molecule has 2 N–H and O–H groups in total. The first-order valence-electron chi connectivity index (χ1n) is 6.56. The number of amides is 1. The van der Waals surface area contributed by atoms with Gasteiger partial charge < -0.3 is 10.4 Å². The summed E-state index contributed by atoms with van der Waals surface area (Å²) in [6.45, 7) is 2.01. The van der Waals surface area contributed by atoms with Crippen molar-refractivity contribution in [2.45, 2.75) is 57.9 Å². The average Bonchev–Trinajstić information content (AvgIpc) is 3.00. The maximum Gasteiger partial charge on any atom is 0.310 e. The topological polar surface area (TPSA) is 66.4 Å². The van der Waals surface area contributed by atoms with E-state index in [0.717, 1.165) is 12.8 Å². The number of carboxylic acids is 1. The van der Waals surface area contributed by atoms with Gasteiger partial charge in [-0.25, -0.2) is 0 Å². The van der Waals surface area contributed by atoms with Crippen molar-refractivity contribution < 1.29 is 14.7 Å². The van der Waals surface area contributed by atoms with Crippen LogP contribution in [0.5, 0.6) is 0 Å². The van der Waals surface area contributed by atoms with Crippen LogP contribution >= 0.6 is 0 Å². The fourth-order valence-corrected chi connectivity index (χ4v) is 2.84. The molecule has 4 heteroatoms. The quantitative estimate of drug-likeness (QED) is 0.770. The molecule has 0 aliphatic heterocycles. The van der Waals surface area contributed by atoms with Crippen LogP contribution in [0, 0.1) is 11.3 Å². The molecule has 2 aliphatic carbocycles. The second-order valence-corrected chi connectivity index (χ2v) is 5.66. The Balaban J connectivity index is 1.89. The molecule has 0 aromatic carbocycles. The average molecular weight is 239 g/mol. The van der Waals surface area contributed by atoms with Crippen LogP contribution < -0.4 is 5.32 Å². The number of carbonyl (C=O) groups excluding carboxylic acids is 1. The molecular formula is C13H21NO3. The van der Waals surface area contributed by atoms with Gasteiger partial charge in [0.15, 0.2) is 0 Å². The van der Waals surface area contributed by atoms with Gasteiger partial charge in [-0.3, -0.25) is 9.59 Å².